The maximum Gasteiger partial charge on any atom is 0.191 e. The van der Waals surface area contributed by atoms with Crippen LogP contribution in [0.1, 0.15) is 52.0 Å². The van der Waals surface area contributed by atoms with E-state index in [2.05, 4.69) is 61.7 Å². The Kier molecular flexibility index (Phi) is 10.6. The van der Waals surface area contributed by atoms with Gasteiger partial charge < -0.3 is 20.5 Å². The standard InChI is InChI=1S/C21H35N3O2.HI/c1-4-20(5-2,18-10-8-7-9-11-18)16-23-19(22-6-3)24-17-21(25)12-14-26-15-13-21;/h7-11,25H,4-6,12-17H2,1-3H3,(H2,22,23,24);1H. The number of ether oxygens (including phenoxy) is 1. The zero-order valence-electron chi connectivity index (χ0n) is 17.0. The monoisotopic (exact) mass is 489 g/mol. The molecule has 1 heterocycles. The molecule has 0 atom stereocenters. The number of hydrogen-bond acceptors (Lipinski definition) is 3. The van der Waals surface area contributed by atoms with E-state index in [0.29, 0.717) is 32.6 Å². The maximum absolute atomic E-state index is 10.7. The van der Waals surface area contributed by atoms with E-state index in [9.17, 15) is 5.11 Å². The lowest BCUT2D eigenvalue weighted by atomic mass is 9.76. The molecule has 6 heteroatoms. The average molecular weight is 489 g/mol. The molecule has 2 rings (SSSR count). The smallest absolute Gasteiger partial charge is 0.191 e. The van der Waals surface area contributed by atoms with Gasteiger partial charge in [0.15, 0.2) is 5.96 Å². The molecule has 154 valence electrons. The summed E-state index contributed by atoms with van der Waals surface area (Å²) in [5.74, 6) is 0.773. The molecule has 1 fully saturated rings. The van der Waals surface area contributed by atoms with Crippen molar-refractivity contribution in [2.75, 3.05) is 32.8 Å². The minimum Gasteiger partial charge on any atom is -0.388 e. The van der Waals surface area contributed by atoms with Crippen LogP contribution in [0.2, 0.25) is 0 Å². The molecule has 0 unspecified atom stereocenters. The van der Waals surface area contributed by atoms with E-state index >= 15 is 0 Å². The number of benzene rings is 1. The van der Waals surface area contributed by atoms with Gasteiger partial charge in [-0.3, -0.25) is 4.99 Å². The highest BCUT2D eigenvalue weighted by Crippen LogP contribution is 2.32. The molecule has 0 bridgehead atoms. The Labute approximate surface area is 181 Å². The van der Waals surface area contributed by atoms with E-state index in [1.54, 1.807) is 0 Å². The van der Waals surface area contributed by atoms with Crippen LogP contribution in [0.25, 0.3) is 0 Å². The predicted octanol–water partition coefficient (Wildman–Crippen LogP) is 3.46. The molecule has 5 nitrogen and oxygen atoms in total. The number of nitrogens with one attached hydrogen (secondary N) is 2. The molecule has 0 aliphatic carbocycles. The predicted molar refractivity (Wildman–Crippen MR) is 123 cm³/mol. The Bertz CT molecular complexity index is 556. The van der Waals surface area contributed by atoms with Crippen LogP contribution in [0.4, 0.5) is 0 Å². The molecule has 3 N–H and O–H groups in total. The summed E-state index contributed by atoms with van der Waals surface area (Å²) in [6, 6.07) is 10.7. The summed E-state index contributed by atoms with van der Waals surface area (Å²) in [6.07, 6.45) is 3.41. The Morgan fingerprint density at radius 1 is 1.11 bits per heavy atom. The number of halogens is 1. The summed E-state index contributed by atoms with van der Waals surface area (Å²) in [7, 11) is 0. The Morgan fingerprint density at radius 2 is 1.74 bits per heavy atom. The van der Waals surface area contributed by atoms with Crippen molar-refractivity contribution in [3.05, 3.63) is 35.9 Å². The molecular weight excluding hydrogens is 453 g/mol. The van der Waals surface area contributed by atoms with Crippen LogP contribution in [0, 0.1) is 0 Å². The summed E-state index contributed by atoms with van der Waals surface area (Å²) in [5, 5.41) is 17.3. The molecule has 0 spiro atoms. The minimum atomic E-state index is -0.708. The normalized spacial score (nSPS) is 17.1. The average Bonchev–Trinajstić information content (AvgIpc) is 2.68. The topological polar surface area (TPSA) is 65.9 Å². The summed E-state index contributed by atoms with van der Waals surface area (Å²) in [5.41, 5.74) is 0.673. The van der Waals surface area contributed by atoms with Gasteiger partial charge in [0, 0.05) is 44.6 Å². The van der Waals surface area contributed by atoms with Crippen LogP contribution in [0.5, 0.6) is 0 Å². The summed E-state index contributed by atoms with van der Waals surface area (Å²) >= 11 is 0. The van der Waals surface area contributed by atoms with Crippen molar-refractivity contribution in [2.45, 2.75) is 57.5 Å². The first kappa shape index (κ1) is 24.2. The first-order valence-corrected chi connectivity index (χ1v) is 9.95. The quantitative estimate of drug-likeness (QED) is 0.297. The van der Waals surface area contributed by atoms with Gasteiger partial charge in [-0.05, 0) is 25.3 Å². The number of aliphatic imine (C=N–C) groups is 1. The third-order valence-electron chi connectivity index (χ3n) is 5.63. The zero-order valence-corrected chi connectivity index (χ0v) is 19.3. The fraction of sp³-hybridized carbons (Fsp3) is 0.667. The molecule has 1 saturated heterocycles. The van der Waals surface area contributed by atoms with Gasteiger partial charge in [0.05, 0.1) is 12.1 Å². The van der Waals surface area contributed by atoms with Crippen molar-refractivity contribution in [3.8, 4) is 0 Å². The van der Waals surface area contributed by atoms with Gasteiger partial charge in [-0.15, -0.1) is 24.0 Å². The van der Waals surface area contributed by atoms with Crippen molar-refractivity contribution in [1.29, 1.82) is 0 Å². The van der Waals surface area contributed by atoms with E-state index in [1.165, 1.54) is 5.56 Å². The van der Waals surface area contributed by atoms with E-state index < -0.39 is 5.60 Å². The van der Waals surface area contributed by atoms with Gasteiger partial charge in [0.2, 0.25) is 0 Å². The number of guanidine groups is 1. The van der Waals surface area contributed by atoms with E-state index in [4.69, 9.17) is 9.73 Å². The van der Waals surface area contributed by atoms with Crippen LogP contribution in [-0.2, 0) is 10.2 Å². The van der Waals surface area contributed by atoms with Crippen molar-refractivity contribution >= 4 is 29.9 Å². The van der Waals surface area contributed by atoms with Crippen molar-refractivity contribution in [2.24, 2.45) is 4.99 Å². The van der Waals surface area contributed by atoms with Gasteiger partial charge >= 0.3 is 0 Å². The highest BCUT2D eigenvalue weighted by Gasteiger charge is 2.31. The second-order valence-corrected chi connectivity index (χ2v) is 7.24. The highest BCUT2D eigenvalue weighted by molar-refractivity contribution is 14.0. The van der Waals surface area contributed by atoms with Gasteiger partial charge in [-0.1, -0.05) is 44.2 Å². The van der Waals surface area contributed by atoms with Crippen LogP contribution in [0.3, 0.4) is 0 Å². The molecule has 0 radical (unpaired) electrons. The number of nitrogens with zero attached hydrogens (tertiary/aromatic N) is 1. The zero-order chi connectivity index (χ0) is 18.9. The van der Waals surface area contributed by atoms with Crippen LogP contribution in [-0.4, -0.2) is 49.5 Å². The van der Waals surface area contributed by atoms with Crippen LogP contribution < -0.4 is 10.6 Å². The SMILES string of the molecule is CCNC(=NCC(CC)(CC)c1ccccc1)NCC1(O)CCOCC1.I. The molecule has 27 heavy (non-hydrogen) atoms. The lowest BCUT2D eigenvalue weighted by molar-refractivity contribution is -0.0594. The lowest BCUT2D eigenvalue weighted by Gasteiger charge is -2.33. The van der Waals surface area contributed by atoms with Gasteiger partial charge in [0.1, 0.15) is 0 Å². The Morgan fingerprint density at radius 3 is 2.30 bits per heavy atom. The number of hydrogen-bond donors (Lipinski definition) is 3. The summed E-state index contributed by atoms with van der Waals surface area (Å²) in [6.45, 7) is 9.78. The van der Waals surface area contributed by atoms with Crippen molar-refractivity contribution in [1.82, 2.24) is 10.6 Å². The molecule has 1 aliphatic heterocycles. The lowest BCUT2D eigenvalue weighted by Crippen LogP contribution is -2.50. The van der Waals surface area contributed by atoms with Crippen molar-refractivity contribution in [3.63, 3.8) is 0 Å². The first-order valence-electron chi connectivity index (χ1n) is 9.95. The number of rotatable bonds is 8. The molecule has 1 aliphatic rings. The minimum absolute atomic E-state index is 0. The maximum atomic E-state index is 10.7. The first-order chi connectivity index (χ1) is 12.6. The third-order valence-corrected chi connectivity index (χ3v) is 5.63. The molecule has 1 aromatic carbocycles. The molecule has 0 amide bonds. The summed E-state index contributed by atoms with van der Waals surface area (Å²) in [4.78, 5) is 4.87. The highest BCUT2D eigenvalue weighted by atomic mass is 127. The Hall–Kier alpha value is -0.860. The van der Waals surface area contributed by atoms with Crippen molar-refractivity contribution < 1.29 is 9.84 Å². The molecule has 1 aromatic rings. The van der Waals surface area contributed by atoms with Crippen LogP contribution >= 0.6 is 24.0 Å². The molecular formula is C21H36IN3O2. The van der Waals surface area contributed by atoms with E-state index in [-0.39, 0.29) is 29.4 Å². The van der Waals surface area contributed by atoms with Gasteiger partial charge in [-0.2, -0.15) is 0 Å². The van der Waals surface area contributed by atoms with E-state index in [1.807, 2.05) is 0 Å². The van der Waals surface area contributed by atoms with Gasteiger partial charge in [-0.25, -0.2) is 0 Å². The second kappa shape index (κ2) is 11.9. The summed E-state index contributed by atoms with van der Waals surface area (Å²) < 4.78 is 5.36. The number of aliphatic hydroxyl groups is 1. The fourth-order valence-electron chi connectivity index (χ4n) is 3.51. The molecule has 0 saturated carbocycles. The third kappa shape index (κ3) is 6.91. The van der Waals surface area contributed by atoms with E-state index in [0.717, 1.165) is 31.9 Å². The largest absolute Gasteiger partial charge is 0.388 e. The fourth-order valence-corrected chi connectivity index (χ4v) is 3.51. The van der Waals surface area contributed by atoms with Gasteiger partial charge in [0.25, 0.3) is 0 Å². The Balaban J connectivity index is 0.00000364. The second-order valence-electron chi connectivity index (χ2n) is 7.24. The molecule has 0 aromatic heterocycles. The van der Waals surface area contributed by atoms with Crippen LogP contribution in [0.15, 0.2) is 35.3 Å².